The van der Waals surface area contributed by atoms with Crippen LogP contribution in [-0.4, -0.2) is 27.7 Å². The van der Waals surface area contributed by atoms with Gasteiger partial charge in [-0.15, -0.1) is 0 Å². The van der Waals surface area contributed by atoms with Crippen LogP contribution in [0.4, 0.5) is 10.1 Å². The van der Waals surface area contributed by atoms with Crippen LogP contribution in [-0.2, 0) is 14.8 Å². The molecular weight excluding hydrogens is 363 g/mol. The number of hydrogen-bond acceptors (Lipinski definition) is 4. The second-order valence-corrected chi connectivity index (χ2v) is 7.57. The van der Waals surface area contributed by atoms with E-state index in [1.54, 1.807) is 0 Å². The van der Waals surface area contributed by atoms with Gasteiger partial charge < -0.3 is 10.5 Å². The van der Waals surface area contributed by atoms with Gasteiger partial charge in [0, 0.05) is 11.0 Å². The molecule has 8 heteroatoms. The zero-order valence-electron chi connectivity index (χ0n) is 11.4. The van der Waals surface area contributed by atoms with E-state index in [9.17, 15) is 12.8 Å². The molecule has 1 aromatic rings. The van der Waals surface area contributed by atoms with Gasteiger partial charge in [0.1, 0.15) is 5.82 Å². The molecular formula is C13H18BrFN2O3S. The first kappa shape index (κ1) is 16.7. The molecule has 0 unspecified atom stereocenters. The second kappa shape index (κ2) is 7.04. The third-order valence-corrected chi connectivity index (χ3v) is 5.81. The summed E-state index contributed by atoms with van der Waals surface area (Å²) in [6.45, 7) is 0.487. The summed E-state index contributed by atoms with van der Waals surface area (Å²) in [5.74, 6) is -0.662. The zero-order chi connectivity index (χ0) is 15.5. The monoisotopic (exact) mass is 380 g/mol. The lowest BCUT2D eigenvalue weighted by Crippen LogP contribution is -2.29. The fourth-order valence-corrected chi connectivity index (χ4v) is 4.35. The van der Waals surface area contributed by atoms with Crippen LogP contribution in [0, 0.1) is 5.82 Å². The van der Waals surface area contributed by atoms with Crippen molar-refractivity contribution < 1.29 is 17.5 Å². The molecule has 5 nitrogen and oxygen atoms in total. The normalized spacial score (nSPS) is 16.5. The van der Waals surface area contributed by atoms with Crippen LogP contribution >= 0.6 is 15.9 Å². The highest BCUT2D eigenvalue weighted by molar-refractivity contribution is 9.10. The maximum Gasteiger partial charge on any atom is 0.241 e. The SMILES string of the molecule is Nc1cc(S(=O)(=O)NCCOC2CCCC2)c(Br)cc1F. The average Bonchev–Trinajstić information content (AvgIpc) is 2.92. The number of anilines is 1. The Bertz CT molecular complexity index is 604. The van der Waals surface area contributed by atoms with Crippen LogP contribution in [0.5, 0.6) is 0 Å². The van der Waals surface area contributed by atoms with E-state index in [1.165, 1.54) is 0 Å². The van der Waals surface area contributed by atoms with Crippen molar-refractivity contribution in [2.24, 2.45) is 0 Å². The van der Waals surface area contributed by atoms with E-state index >= 15 is 0 Å². The molecule has 0 saturated heterocycles. The van der Waals surface area contributed by atoms with Crippen molar-refractivity contribution in [3.63, 3.8) is 0 Å². The minimum Gasteiger partial charge on any atom is -0.396 e. The van der Waals surface area contributed by atoms with Crippen LogP contribution in [0.25, 0.3) is 0 Å². The van der Waals surface area contributed by atoms with Gasteiger partial charge in [-0.05, 0) is 40.9 Å². The van der Waals surface area contributed by atoms with Crippen LogP contribution < -0.4 is 10.5 Å². The van der Waals surface area contributed by atoms with Gasteiger partial charge in [0.15, 0.2) is 0 Å². The number of nitrogens with two attached hydrogens (primary N) is 1. The van der Waals surface area contributed by atoms with Gasteiger partial charge in [0.2, 0.25) is 10.0 Å². The lowest BCUT2D eigenvalue weighted by Gasteiger charge is -2.13. The Morgan fingerprint density at radius 1 is 1.38 bits per heavy atom. The summed E-state index contributed by atoms with van der Waals surface area (Å²) in [6, 6.07) is 2.14. The molecule has 0 radical (unpaired) electrons. The topological polar surface area (TPSA) is 81.4 Å². The molecule has 118 valence electrons. The quantitative estimate of drug-likeness (QED) is 0.586. The first-order chi connectivity index (χ1) is 9.90. The summed E-state index contributed by atoms with van der Waals surface area (Å²) in [6.07, 6.45) is 4.64. The minimum absolute atomic E-state index is 0.0812. The number of hydrogen-bond donors (Lipinski definition) is 2. The largest absolute Gasteiger partial charge is 0.396 e. The highest BCUT2D eigenvalue weighted by Gasteiger charge is 2.20. The van der Waals surface area contributed by atoms with Crippen molar-refractivity contribution in [1.29, 1.82) is 0 Å². The van der Waals surface area contributed by atoms with E-state index in [4.69, 9.17) is 10.5 Å². The van der Waals surface area contributed by atoms with Crippen LogP contribution in [0.15, 0.2) is 21.5 Å². The van der Waals surface area contributed by atoms with E-state index in [2.05, 4.69) is 20.7 Å². The molecule has 0 aliphatic heterocycles. The summed E-state index contributed by atoms with van der Waals surface area (Å²) >= 11 is 3.03. The van der Waals surface area contributed by atoms with Gasteiger partial charge >= 0.3 is 0 Å². The lowest BCUT2D eigenvalue weighted by molar-refractivity contribution is 0.0626. The van der Waals surface area contributed by atoms with Crippen molar-refractivity contribution in [1.82, 2.24) is 4.72 Å². The van der Waals surface area contributed by atoms with E-state index < -0.39 is 15.8 Å². The molecule has 1 saturated carbocycles. The number of ether oxygens (including phenoxy) is 1. The van der Waals surface area contributed by atoms with Crippen molar-refractivity contribution >= 4 is 31.6 Å². The Morgan fingerprint density at radius 2 is 2.05 bits per heavy atom. The van der Waals surface area contributed by atoms with Crippen molar-refractivity contribution in [2.75, 3.05) is 18.9 Å². The Labute approximate surface area is 132 Å². The first-order valence-electron chi connectivity index (χ1n) is 6.76. The van der Waals surface area contributed by atoms with Crippen molar-refractivity contribution in [2.45, 2.75) is 36.7 Å². The van der Waals surface area contributed by atoms with Gasteiger partial charge in [-0.3, -0.25) is 0 Å². The molecule has 2 rings (SSSR count). The maximum absolute atomic E-state index is 13.2. The summed E-state index contributed by atoms with van der Waals surface area (Å²) in [7, 11) is -3.75. The first-order valence-corrected chi connectivity index (χ1v) is 9.03. The van der Waals surface area contributed by atoms with Crippen LogP contribution in [0.1, 0.15) is 25.7 Å². The van der Waals surface area contributed by atoms with E-state index in [1.807, 2.05) is 0 Å². The molecule has 1 aliphatic rings. The third-order valence-electron chi connectivity index (χ3n) is 3.39. The van der Waals surface area contributed by atoms with Gasteiger partial charge in [0.05, 0.1) is 23.3 Å². The molecule has 3 N–H and O–H groups in total. The Hall–Kier alpha value is -0.700. The fourth-order valence-electron chi connectivity index (χ4n) is 2.29. The number of nitrogens with one attached hydrogen (secondary N) is 1. The summed E-state index contributed by atoms with van der Waals surface area (Å²) in [5, 5.41) is 0. The Balaban J connectivity index is 1.93. The average molecular weight is 381 g/mol. The standard InChI is InChI=1S/C13H18BrFN2O3S/c14-10-7-11(15)12(16)8-13(10)21(18,19)17-5-6-20-9-3-1-2-4-9/h7-9,17H,1-6,16H2. The predicted octanol–water partition coefficient (Wildman–Crippen LogP) is 2.41. The molecule has 1 aliphatic carbocycles. The Kier molecular flexibility index (Phi) is 5.59. The van der Waals surface area contributed by atoms with Crippen molar-refractivity contribution in [3.8, 4) is 0 Å². The third kappa shape index (κ3) is 4.38. The number of benzene rings is 1. The van der Waals surface area contributed by atoms with Gasteiger partial charge in [-0.1, -0.05) is 12.8 Å². The molecule has 21 heavy (non-hydrogen) atoms. The van der Waals surface area contributed by atoms with Gasteiger partial charge in [-0.2, -0.15) is 0 Å². The molecule has 0 spiro atoms. The molecule has 1 fully saturated rings. The molecule has 1 aromatic carbocycles. The molecule has 0 heterocycles. The second-order valence-electron chi connectivity index (χ2n) is 4.98. The van der Waals surface area contributed by atoms with Crippen LogP contribution in [0.3, 0.4) is 0 Å². The smallest absolute Gasteiger partial charge is 0.241 e. The summed E-state index contributed by atoms with van der Waals surface area (Å²) in [5.41, 5.74) is 5.20. The minimum atomic E-state index is -3.75. The highest BCUT2D eigenvalue weighted by atomic mass is 79.9. The fraction of sp³-hybridized carbons (Fsp3) is 0.538. The van der Waals surface area contributed by atoms with Crippen molar-refractivity contribution in [3.05, 3.63) is 22.4 Å². The zero-order valence-corrected chi connectivity index (χ0v) is 13.8. The van der Waals surface area contributed by atoms with E-state index in [-0.39, 0.29) is 27.7 Å². The number of halogens is 2. The molecule has 0 aromatic heterocycles. The van der Waals surface area contributed by atoms with E-state index in [0.29, 0.717) is 6.61 Å². The number of sulfonamides is 1. The summed E-state index contributed by atoms with van der Waals surface area (Å²) < 4.78 is 45.7. The number of rotatable bonds is 6. The van der Waals surface area contributed by atoms with Gasteiger partial charge in [-0.25, -0.2) is 17.5 Å². The maximum atomic E-state index is 13.2. The Morgan fingerprint density at radius 3 is 2.71 bits per heavy atom. The van der Waals surface area contributed by atoms with E-state index in [0.717, 1.165) is 37.8 Å². The predicted molar refractivity (Wildman–Crippen MR) is 81.9 cm³/mol. The van der Waals surface area contributed by atoms with Crippen LogP contribution in [0.2, 0.25) is 0 Å². The highest BCUT2D eigenvalue weighted by Crippen LogP contribution is 2.26. The molecule has 0 bridgehead atoms. The molecule has 0 atom stereocenters. The number of nitrogen functional groups attached to an aromatic ring is 1. The molecule has 0 amide bonds. The summed E-state index contributed by atoms with van der Waals surface area (Å²) in [4.78, 5) is -0.0812. The van der Waals surface area contributed by atoms with Gasteiger partial charge in [0.25, 0.3) is 0 Å². The lowest BCUT2D eigenvalue weighted by atomic mass is 10.3.